The van der Waals surface area contributed by atoms with E-state index < -0.39 is 0 Å². The van der Waals surface area contributed by atoms with E-state index in [1.807, 2.05) is 0 Å². The van der Waals surface area contributed by atoms with E-state index in [2.05, 4.69) is 14.1 Å². The Bertz CT molecular complexity index is 403. The molecule has 0 saturated carbocycles. The maximum Gasteiger partial charge on any atom is 0.158 e. The predicted molar refractivity (Wildman–Crippen MR) is 45.8 cm³/mol. The minimum atomic E-state index is 0.973. The summed E-state index contributed by atoms with van der Waals surface area (Å²) in [6, 6.07) is 0. The molecule has 0 aliphatic carbocycles. The Hall–Kier alpha value is -0.520. The first-order valence-electron chi connectivity index (χ1n) is 3.38. The number of hydrogen-bond acceptors (Lipinski definition) is 5. The second kappa shape index (κ2) is 2.00. The zero-order chi connectivity index (χ0) is 7.26. The molecule has 0 spiro atoms. The summed E-state index contributed by atoms with van der Waals surface area (Å²) < 4.78 is 8.45. The summed E-state index contributed by atoms with van der Waals surface area (Å²) in [4.78, 5) is 2.53. The monoisotopic (exact) mass is 183 g/mol. The van der Waals surface area contributed by atoms with Gasteiger partial charge in [0.25, 0.3) is 0 Å². The van der Waals surface area contributed by atoms with Gasteiger partial charge in [-0.3, -0.25) is 0 Å². The second-order valence-electron chi connectivity index (χ2n) is 2.53. The van der Waals surface area contributed by atoms with E-state index >= 15 is 0 Å². The van der Waals surface area contributed by atoms with Crippen LogP contribution < -0.4 is 5.32 Å². The van der Waals surface area contributed by atoms with Gasteiger partial charge in [-0.25, -0.2) is 0 Å². The molecular weight excluding hydrogens is 178 g/mol. The van der Waals surface area contributed by atoms with Gasteiger partial charge in [0.05, 0.1) is 11.7 Å². The van der Waals surface area contributed by atoms with Crippen LogP contribution in [-0.4, -0.2) is 8.75 Å². The van der Waals surface area contributed by atoms with Crippen LogP contribution in [0.25, 0.3) is 10.3 Å². The van der Waals surface area contributed by atoms with Gasteiger partial charge in [-0.2, -0.15) is 8.75 Å². The van der Waals surface area contributed by atoms with E-state index in [9.17, 15) is 0 Å². The maximum atomic E-state index is 4.25. The van der Waals surface area contributed by atoms with Crippen molar-refractivity contribution in [3.63, 3.8) is 0 Å². The van der Waals surface area contributed by atoms with E-state index in [0.717, 1.165) is 23.4 Å². The van der Waals surface area contributed by atoms with Crippen LogP contribution in [0.2, 0.25) is 0 Å². The van der Waals surface area contributed by atoms with Crippen LogP contribution in [0.4, 0.5) is 0 Å². The van der Waals surface area contributed by atoms with E-state index in [0.29, 0.717) is 0 Å². The van der Waals surface area contributed by atoms with Crippen molar-refractivity contribution < 1.29 is 0 Å². The highest BCUT2D eigenvalue weighted by Crippen LogP contribution is 2.32. The van der Waals surface area contributed by atoms with Crippen LogP contribution in [0.3, 0.4) is 0 Å². The van der Waals surface area contributed by atoms with Gasteiger partial charge in [0.15, 0.2) is 4.83 Å². The van der Waals surface area contributed by atoms with Crippen molar-refractivity contribution in [2.45, 2.75) is 13.1 Å². The lowest BCUT2D eigenvalue weighted by molar-refractivity contribution is 0.769. The number of fused-ring (bicyclic) bond motifs is 3. The zero-order valence-electron chi connectivity index (χ0n) is 5.63. The Morgan fingerprint density at radius 1 is 1.27 bits per heavy atom. The smallest absolute Gasteiger partial charge is 0.158 e. The van der Waals surface area contributed by atoms with Gasteiger partial charge in [-0.1, -0.05) is 0 Å². The van der Waals surface area contributed by atoms with E-state index in [-0.39, 0.29) is 0 Å². The summed E-state index contributed by atoms with van der Waals surface area (Å²) in [7, 11) is 0. The van der Waals surface area contributed by atoms with Gasteiger partial charge in [-0.15, -0.1) is 11.3 Å². The first kappa shape index (κ1) is 6.05. The number of hydrogen-bond donors (Lipinski definition) is 1. The highest BCUT2D eigenvalue weighted by Gasteiger charge is 2.18. The van der Waals surface area contributed by atoms with Crippen LogP contribution in [-0.2, 0) is 13.1 Å². The first-order chi connectivity index (χ1) is 5.45. The lowest BCUT2D eigenvalue weighted by Crippen LogP contribution is -2.00. The van der Waals surface area contributed by atoms with Crippen molar-refractivity contribution in [1.82, 2.24) is 14.1 Å². The van der Waals surface area contributed by atoms with Gasteiger partial charge < -0.3 is 5.32 Å². The van der Waals surface area contributed by atoms with Crippen molar-refractivity contribution in [3.8, 4) is 0 Å². The van der Waals surface area contributed by atoms with E-state index in [1.54, 1.807) is 11.3 Å². The van der Waals surface area contributed by atoms with Gasteiger partial charge in [0.2, 0.25) is 0 Å². The van der Waals surface area contributed by atoms with Crippen LogP contribution in [0.15, 0.2) is 0 Å². The number of rotatable bonds is 0. The molecule has 2 aromatic heterocycles. The molecule has 0 unspecified atom stereocenters. The molecule has 1 aliphatic heterocycles. The molecule has 3 rings (SSSR count). The molecule has 0 amide bonds. The minimum absolute atomic E-state index is 0.973. The van der Waals surface area contributed by atoms with Gasteiger partial charge >= 0.3 is 0 Å². The van der Waals surface area contributed by atoms with E-state index in [4.69, 9.17) is 0 Å². The van der Waals surface area contributed by atoms with Crippen LogP contribution in [0.5, 0.6) is 0 Å². The third-order valence-electron chi connectivity index (χ3n) is 1.89. The largest absolute Gasteiger partial charge is 0.308 e. The Morgan fingerprint density at radius 2 is 2.27 bits per heavy atom. The van der Waals surface area contributed by atoms with E-state index in [1.165, 1.54) is 22.2 Å². The molecule has 1 N–H and O–H groups in total. The normalized spacial score (nSPS) is 16.0. The summed E-state index contributed by atoms with van der Waals surface area (Å²) in [5, 5.41) is 3.30. The molecule has 0 aromatic carbocycles. The van der Waals surface area contributed by atoms with Crippen LogP contribution in [0, 0.1) is 0 Å². The van der Waals surface area contributed by atoms with Crippen molar-refractivity contribution in [1.29, 1.82) is 0 Å². The van der Waals surface area contributed by atoms with Gasteiger partial charge in [0.1, 0.15) is 5.52 Å². The second-order valence-corrected chi connectivity index (χ2v) is 4.14. The highest BCUT2D eigenvalue weighted by molar-refractivity contribution is 7.20. The average Bonchev–Trinajstić information content (AvgIpc) is 2.52. The molecule has 0 radical (unpaired) electrons. The maximum absolute atomic E-state index is 4.25. The van der Waals surface area contributed by atoms with Crippen LogP contribution in [0.1, 0.15) is 10.4 Å². The van der Waals surface area contributed by atoms with Crippen molar-refractivity contribution >= 4 is 33.4 Å². The number of thiophene rings is 1. The quantitative estimate of drug-likeness (QED) is 0.670. The SMILES string of the molecule is C1NCc2c1sc1nsnc21. The summed E-state index contributed by atoms with van der Waals surface area (Å²) in [5.74, 6) is 0. The molecule has 3 nitrogen and oxygen atoms in total. The molecule has 3 heterocycles. The summed E-state index contributed by atoms with van der Waals surface area (Å²) in [6.07, 6.45) is 0. The molecule has 1 aliphatic rings. The number of aromatic nitrogens is 2. The fraction of sp³-hybridized carbons (Fsp3) is 0.333. The Balaban J connectivity index is 2.46. The van der Waals surface area contributed by atoms with Crippen molar-refractivity contribution in [2.24, 2.45) is 0 Å². The molecule has 11 heavy (non-hydrogen) atoms. The number of nitrogens with one attached hydrogen (secondary N) is 1. The lowest BCUT2D eigenvalue weighted by atomic mass is 10.3. The Kier molecular flexibility index (Phi) is 1.10. The summed E-state index contributed by atoms with van der Waals surface area (Å²) in [5.41, 5.74) is 2.50. The third-order valence-corrected chi connectivity index (χ3v) is 3.65. The fourth-order valence-corrected chi connectivity index (χ4v) is 3.12. The molecule has 0 fully saturated rings. The summed E-state index contributed by atoms with van der Waals surface area (Å²) in [6.45, 7) is 1.98. The summed E-state index contributed by atoms with van der Waals surface area (Å²) >= 11 is 3.08. The minimum Gasteiger partial charge on any atom is -0.308 e. The highest BCUT2D eigenvalue weighted by atomic mass is 32.1. The van der Waals surface area contributed by atoms with Crippen molar-refractivity contribution in [3.05, 3.63) is 10.4 Å². The van der Waals surface area contributed by atoms with Gasteiger partial charge in [0, 0.05) is 23.5 Å². The Morgan fingerprint density at radius 3 is 3.27 bits per heavy atom. The van der Waals surface area contributed by atoms with Crippen molar-refractivity contribution in [2.75, 3.05) is 0 Å². The number of nitrogens with zero attached hydrogens (tertiary/aromatic N) is 2. The fourth-order valence-electron chi connectivity index (χ4n) is 1.37. The molecule has 56 valence electrons. The zero-order valence-corrected chi connectivity index (χ0v) is 7.26. The lowest BCUT2D eigenvalue weighted by Gasteiger charge is -1.84. The molecule has 0 atom stereocenters. The molecule has 5 heteroatoms. The molecule has 0 bridgehead atoms. The van der Waals surface area contributed by atoms with Gasteiger partial charge in [-0.05, 0) is 0 Å². The Labute approximate surface area is 71.4 Å². The predicted octanol–water partition coefficient (Wildman–Crippen LogP) is 1.36. The topological polar surface area (TPSA) is 37.8 Å². The average molecular weight is 183 g/mol. The first-order valence-corrected chi connectivity index (χ1v) is 4.93. The molecule has 0 saturated heterocycles. The van der Waals surface area contributed by atoms with Crippen LogP contribution >= 0.6 is 23.1 Å². The third kappa shape index (κ3) is 0.702. The molecule has 2 aromatic rings. The standard InChI is InChI=1S/C6H5N3S2/c1-3-4(2-7-1)10-6-5(3)8-11-9-6/h7H,1-2H2. The molecular formula is C6H5N3S2.